The van der Waals surface area contributed by atoms with E-state index >= 15 is 0 Å². The number of guanidine groups is 2. The summed E-state index contributed by atoms with van der Waals surface area (Å²) in [5.74, 6) is 2.80. The lowest BCUT2D eigenvalue weighted by Crippen LogP contribution is -2.45. The summed E-state index contributed by atoms with van der Waals surface area (Å²) in [6, 6.07) is 6.15. The predicted octanol–water partition coefficient (Wildman–Crippen LogP) is 0.552. The molecule has 0 spiro atoms. The Balaban J connectivity index is 1.62. The second-order valence-corrected chi connectivity index (χ2v) is 5.51. The van der Waals surface area contributed by atoms with Crippen molar-refractivity contribution in [1.82, 2.24) is 10.2 Å². The van der Waals surface area contributed by atoms with Gasteiger partial charge < -0.3 is 20.1 Å². The first kappa shape index (κ1) is 14.5. The molecule has 3 N–H and O–H groups in total. The second-order valence-electron chi connectivity index (χ2n) is 5.51. The normalized spacial score (nSPS) is 19.8. The van der Waals surface area contributed by atoms with Gasteiger partial charge in [-0.2, -0.15) is 0 Å². The van der Waals surface area contributed by atoms with Crippen LogP contribution in [0.25, 0.3) is 0 Å². The first-order valence-electron chi connectivity index (χ1n) is 7.36. The number of fused-ring (bicyclic) bond motifs is 1. The van der Waals surface area contributed by atoms with Crippen molar-refractivity contribution in [3.05, 3.63) is 23.8 Å². The fraction of sp³-hybridized carbons (Fsp3) is 0.467. The number of rotatable bonds is 3. The molecule has 7 nitrogen and oxygen atoms in total. The summed E-state index contributed by atoms with van der Waals surface area (Å²) >= 11 is 0. The van der Waals surface area contributed by atoms with Crippen molar-refractivity contribution in [2.45, 2.75) is 19.4 Å². The first-order valence-corrected chi connectivity index (χ1v) is 7.36. The average Bonchev–Trinajstić information content (AvgIpc) is 2.90. The molecule has 1 atom stereocenters. The van der Waals surface area contributed by atoms with Crippen molar-refractivity contribution < 1.29 is 9.47 Å². The van der Waals surface area contributed by atoms with Gasteiger partial charge in [0.15, 0.2) is 17.5 Å². The van der Waals surface area contributed by atoms with Gasteiger partial charge in [-0.1, -0.05) is 6.07 Å². The Morgan fingerprint density at radius 1 is 1.36 bits per heavy atom. The summed E-state index contributed by atoms with van der Waals surface area (Å²) in [6.45, 7) is 3.75. The van der Waals surface area contributed by atoms with Crippen molar-refractivity contribution in [2.24, 2.45) is 15.7 Å². The smallest absolute Gasteiger partial charge is 0.231 e. The van der Waals surface area contributed by atoms with E-state index in [0.717, 1.165) is 30.4 Å². The minimum atomic E-state index is 0.122. The largest absolute Gasteiger partial charge is 0.454 e. The SMILES string of the molecule is CC1CN=C(N)NC(N(C)CCc2ccc3c(c2)OCO3)=N1. The highest BCUT2D eigenvalue weighted by Crippen LogP contribution is 2.32. The zero-order valence-electron chi connectivity index (χ0n) is 12.9. The number of nitrogens with two attached hydrogens (primary N) is 1. The number of nitrogens with zero attached hydrogens (tertiary/aromatic N) is 3. The predicted molar refractivity (Wildman–Crippen MR) is 85.4 cm³/mol. The molecule has 2 aliphatic heterocycles. The van der Waals surface area contributed by atoms with Crippen molar-refractivity contribution in [3.8, 4) is 11.5 Å². The number of ether oxygens (including phenoxy) is 2. The molecule has 0 amide bonds. The third-order valence-electron chi connectivity index (χ3n) is 3.64. The summed E-state index contributed by atoms with van der Waals surface area (Å²) in [5.41, 5.74) is 6.99. The van der Waals surface area contributed by atoms with Crippen LogP contribution < -0.4 is 20.5 Å². The maximum absolute atomic E-state index is 5.79. The van der Waals surface area contributed by atoms with Crippen LogP contribution in [0.3, 0.4) is 0 Å². The molecule has 118 valence electrons. The zero-order valence-corrected chi connectivity index (χ0v) is 12.9. The Morgan fingerprint density at radius 2 is 2.18 bits per heavy atom. The van der Waals surface area contributed by atoms with E-state index in [1.54, 1.807) is 0 Å². The Labute approximate surface area is 129 Å². The molecule has 0 fully saturated rings. The number of likely N-dealkylation sites (N-methyl/N-ethyl adjacent to an activating group) is 1. The molecule has 1 aromatic carbocycles. The lowest BCUT2D eigenvalue weighted by Gasteiger charge is -2.21. The molecule has 0 aliphatic carbocycles. The maximum Gasteiger partial charge on any atom is 0.231 e. The van der Waals surface area contributed by atoms with Crippen LogP contribution in [-0.2, 0) is 6.42 Å². The number of hydrogen-bond acceptors (Lipinski definition) is 7. The quantitative estimate of drug-likeness (QED) is 0.852. The molecular weight excluding hydrogens is 282 g/mol. The van der Waals surface area contributed by atoms with Crippen molar-refractivity contribution in [3.63, 3.8) is 0 Å². The molecule has 0 aromatic heterocycles. The van der Waals surface area contributed by atoms with Crippen LogP contribution in [0.1, 0.15) is 12.5 Å². The highest BCUT2D eigenvalue weighted by molar-refractivity contribution is 5.98. The molecule has 0 saturated heterocycles. The van der Waals surface area contributed by atoms with Gasteiger partial charge in [0, 0.05) is 13.6 Å². The van der Waals surface area contributed by atoms with Gasteiger partial charge in [0.2, 0.25) is 12.8 Å². The van der Waals surface area contributed by atoms with Gasteiger partial charge in [0.05, 0.1) is 12.6 Å². The molecule has 7 heteroatoms. The maximum atomic E-state index is 5.79. The summed E-state index contributed by atoms with van der Waals surface area (Å²) in [6.07, 6.45) is 0.874. The zero-order chi connectivity index (χ0) is 15.5. The lowest BCUT2D eigenvalue weighted by molar-refractivity contribution is 0.174. The van der Waals surface area contributed by atoms with Crippen LogP contribution in [0.4, 0.5) is 0 Å². The molecule has 2 aliphatic rings. The van der Waals surface area contributed by atoms with Crippen LogP contribution in [-0.4, -0.2) is 49.8 Å². The Bertz CT molecular complexity index is 614. The molecule has 0 saturated carbocycles. The molecule has 0 radical (unpaired) electrons. The van der Waals surface area contributed by atoms with Gasteiger partial charge >= 0.3 is 0 Å². The first-order chi connectivity index (χ1) is 10.6. The standard InChI is InChI=1S/C15H21N5O2/c1-10-8-17-14(16)19-15(18-10)20(2)6-5-11-3-4-12-13(7-11)22-9-21-12/h3-4,7,10H,5-6,8-9H2,1-2H3,(H3,16,17,18,19). The topological polar surface area (TPSA) is 84.5 Å². The van der Waals surface area contributed by atoms with Gasteiger partial charge in [-0.15, -0.1) is 0 Å². The molecule has 3 rings (SSSR count). The molecule has 2 heterocycles. The van der Waals surface area contributed by atoms with Crippen LogP contribution in [0.2, 0.25) is 0 Å². The summed E-state index contributed by atoms with van der Waals surface area (Å²) in [7, 11) is 1.99. The van der Waals surface area contributed by atoms with E-state index in [1.165, 1.54) is 5.56 Å². The van der Waals surface area contributed by atoms with Crippen LogP contribution in [0.15, 0.2) is 28.2 Å². The van der Waals surface area contributed by atoms with E-state index in [0.29, 0.717) is 19.3 Å². The Hall–Kier alpha value is -2.44. The third-order valence-corrected chi connectivity index (χ3v) is 3.64. The fourth-order valence-corrected chi connectivity index (χ4v) is 2.36. The Morgan fingerprint density at radius 3 is 3.05 bits per heavy atom. The van der Waals surface area contributed by atoms with E-state index in [1.807, 2.05) is 26.1 Å². The van der Waals surface area contributed by atoms with Crippen molar-refractivity contribution in [1.29, 1.82) is 0 Å². The van der Waals surface area contributed by atoms with E-state index in [2.05, 4.69) is 26.3 Å². The average molecular weight is 303 g/mol. The monoisotopic (exact) mass is 303 g/mol. The van der Waals surface area contributed by atoms with E-state index < -0.39 is 0 Å². The number of nitrogens with one attached hydrogen (secondary N) is 1. The fourth-order valence-electron chi connectivity index (χ4n) is 2.36. The summed E-state index contributed by atoms with van der Waals surface area (Å²) < 4.78 is 10.7. The van der Waals surface area contributed by atoms with Crippen molar-refractivity contribution in [2.75, 3.05) is 26.9 Å². The molecule has 22 heavy (non-hydrogen) atoms. The van der Waals surface area contributed by atoms with Crippen LogP contribution in [0, 0.1) is 0 Å². The van der Waals surface area contributed by atoms with Gasteiger partial charge in [0.25, 0.3) is 0 Å². The highest BCUT2D eigenvalue weighted by atomic mass is 16.7. The van der Waals surface area contributed by atoms with Gasteiger partial charge in [-0.25, -0.2) is 4.99 Å². The summed E-state index contributed by atoms with van der Waals surface area (Å²) in [5, 5.41) is 3.05. The highest BCUT2D eigenvalue weighted by Gasteiger charge is 2.15. The molecule has 1 aromatic rings. The molecular formula is C15H21N5O2. The molecule has 0 bridgehead atoms. The van der Waals surface area contributed by atoms with Gasteiger partial charge in [0.1, 0.15) is 0 Å². The molecule has 1 unspecified atom stereocenters. The van der Waals surface area contributed by atoms with E-state index in [-0.39, 0.29) is 6.04 Å². The van der Waals surface area contributed by atoms with Crippen LogP contribution in [0.5, 0.6) is 11.5 Å². The lowest BCUT2D eigenvalue weighted by atomic mass is 10.1. The van der Waals surface area contributed by atoms with Crippen molar-refractivity contribution >= 4 is 11.9 Å². The van der Waals surface area contributed by atoms with Gasteiger partial charge in [-0.3, -0.25) is 10.3 Å². The minimum absolute atomic E-state index is 0.122. The summed E-state index contributed by atoms with van der Waals surface area (Å²) in [4.78, 5) is 10.8. The number of aliphatic imine (C=N–C) groups is 2. The van der Waals surface area contributed by atoms with E-state index in [4.69, 9.17) is 15.2 Å². The number of benzene rings is 1. The van der Waals surface area contributed by atoms with Crippen LogP contribution >= 0.6 is 0 Å². The number of hydrogen-bond donors (Lipinski definition) is 2. The third kappa shape index (κ3) is 3.24. The van der Waals surface area contributed by atoms with Gasteiger partial charge in [-0.05, 0) is 31.0 Å². The van der Waals surface area contributed by atoms with E-state index in [9.17, 15) is 0 Å². The minimum Gasteiger partial charge on any atom is -0.454 e. The second kappa shape index (κ2) is 6.13. The Kier molecular flexibility index (Phi) is 4.04.